The monoisotopic (exact) mass is 446 g/mol. The van der Waals surface area contributed by atoms with Crippen molar-refractivity contribution in [1.82, 2.24) is 14.5 Å². The van der Waals surface area contributed by atoms with Gasteiger partial charge in [0.2, 0.25) is 0 Å². The van der Waals surface area contributed by atoms with Crippen LogP contribution in [0.1, 0.15) is 65.0 Å². The van der Waals surface area contributed by atoms with Gasteiger partial charge in [-0.1, -0.05) is 30.3 Å². The zero-order valence-corrected chi connectivity index (χ0v) is 19.7. The molecule has 0 unspecified atom stereocenters. The highest BCUT2D eigenvalue weighted by Gasteiger charge is 2.30. The van der Waals surface area contributed by atoms with Crippen molar-refractivity contribution in [1.29, 1.82) is 5.26 Å². The molecule has 1 fully saturated rings. The van der Waals surface area contributed by atoms with E-state index in [0.717, 1.165) is 50.7 Å². The summed E-state index contributed by atoms with van der Waals surface area (Å²) in [6.45, 7) is 7.23. The lowest BCUT2D eigenvalue weighted by Gasteiger charge is -2.14. The third-order valence-electron chi connectivity index (χ3n) is 6.86. The van der Waals surface area contributed by atoms with Gasteiger partial charge in [0.25, 0.3) is 0 Å². The molecule has 0 saturated heterocycles. The first-order valence-electron chi connectivity index (χ1n) is 11.8. The van der Waals surface area contributed by atoms with Crippen LogP contribution in [0.5, 0.6) is 5.75 Å². The lowest BCUT2D eigenvalue weighted by Crippen LogP contribution is -2.07. The molecule has 3 heterocycles. The number of allylic oxidation sites excluding steroid dienone is 1. The maximum Gasteiger partial charge on any atom is 0.160 e. The summed E-state index contributed by atoms with van der Waals surface area (Å²) in [7, 11) is 0. The minimum absolute atomic E-state index is 0.471. The lowest BCUT2D eigenvalue weighted by molar-refractivity contribution is 0.307. The van der Waals surface area contributed by atoms with Gasteiger partial charge in [0.05, 0.1) is 12.6 Å². The van der Waals surface area contributed by atoms with Crippen LogP contribution in [-0.4, -0.2) is 14.5 Å². The van der Waals surface area contributed by atoms with Crippen LogP contribution in [0.25, 0.3) is 16.7 Å². The number of para-hydroxylation sites is 1. The SMILES string of the molecule is C/C(C#N)=C1\c2ccc(Cn3c(C4CC4)nc4c(C)cc(C)nc43)cc2COc2ccccc21. The Kier molecular flexibility index (Phi) is 4.77. The molecule has 5 heteroatoms. The summed E-state index contributed by atoms with van der Waals surface area (Å²) < 4.78 is 8.49. The van der Waals surface area contributed by atoms with Crippen LogP contribution in [-0.2, 0) is 13.2 Å². The first-order chi connectivity index (χ1) is 16.5. The number of rotatable bonds is 3. The number of hydrogen-bond donors (Lipinski definition) is 0. The number of nitrogens with zero attached hydrogens (tertiary/aromatic N) is 4. The second-order valence-corrected chi connectivity index (χ2v) is 9.47. The number of benzene rings is 2. The number of imidazole rings is 1. The predicted molar refractivity (Wildman–Crippen MR) is 133 cm³/mol. The topological polar surface area (TPSA) is 63.7 Å². The summed E-state index contributed by atoms with van der Waals surface area (Å²) in [6.07, 6.45) is 2.39. The van der Waals surface area contributed by atoms with Gasteiger partial charge >= 0.3 is 0 Å². The minimum atomic E-state index is 0.471. The molecule has 2 aromatic heterocycles. The molecule has 0 amide bonds. The number of pyridine rings is 1. The van der Waals surface area contributed by atoms with Crippen LogP contribution in [0.15, 0.2) is 54.1 Å². The summed E-state index contributed by atoms with van der Waals surface area (Å²) in [5.41, 5.74) is 10.1. The van der Waals surface area contributed by atoms with Crippen LogP contribution in [0.3, 0.4) is 0 Å². The molecule has 6 rings (SSSR count). The van der Waals surface area contributed by atoms with Crippen LogP contribution < -0.4 is 4.74 Å². The second-order valence-electron chi connectivity index (χ2n) is 9.47. The van der Waals surface area contributed by atoms with Gasteiger partial charge in [-0.2, -0.15) is 5.26 Å². The largest absolute Gasteiger partial charge is 0.488 e. The molecule has 2 aliphatic rings. The van der Waals surface area contributed by atoms with Gasteiger partial charge in [0.15, 0.2) is 5.65 Å². The summed E-state index contributed by atoms with van der Waals surface area (Å²) in [5.74, 6) is 2.49. The van der Waals surface area contributed by atoms with Crippen molar-refractivity contribution >= 4 is 16.7 Å². The molecule has 34 heavy (non-hydrogen) atoms. The quantitative estimate of drug-likeness (QED) is 0.351. The van der Waals surface area contributed by atoms with E-state index in [1.807, 2.05) is 38.1 Å². The van der Waals surface area contributed by atoms with Gasteiger partial charge in [-0.05, 0) is 74.1 Å². The molecule has 0 bridgehead atoms. The van der Waals surface area contributed by atoms with Crippen molar-refractivity contribution in [3.8, 4) is 11.8 Å². The molecule has 1 aliphatic carbocycles. The maximum absolute atomic E-state index is 9.72. The summed E-state index contributed by atoms with van der Waals surface area (Å²) >= 11 is 0. The van der Waals surface area contributed by atoms with Gasteiger partial charge in [-0.25, -0.2) is 9.97 Å². The Balaban J connectivity index is 1.46. The molecule has 4 aromatic rings. The molecule has 0 atom stereocenters. The molecule has 0 N–H and O–H groups in total. The Hall–Kier alpha value is -3.91. The van der Waals surface area contributed by atoms with E-state index in [0.29, 0.717) is 24.6 Å². The minimum Gasteiger partial charge on any atom is -0.488 e. The molecule has 0 radical (unpaired) electrons. The fourth-order valence-electron chi connectivity index (χ4n) is 5.08. The second kappa shape index (κ2) is 7.85. The smallest absolute Gasteiger partial charge is 0.160 e. The van der Waals surface area contributed by atoms with E-state index in [4.69, 9.17) is 14.7 Å². The molecule has 1 saturated carbocycles. The zero-order valence-electron chi connectivity index (χ0n) is 19.7. The van der Waals surface area contributed by atoms with E-state index in [-0.39, 0.29) is 0 Å². The molecule has 5 nitrogen and oxygen atoms in total. The zero-order chi connectivity index (χ0) is 23.4. The van der Waals surface area contributed by atoms with E-state index in [2.05, 4.69) is 41.8 Å². The Morgan fingerprint density at radius 2 is 1.91 bits per heavy atom. The third-order valence-corrected chi connectivity index (χ3v) is 6.86. The highest BCUT2D eigenvalue weighted by atomic mass is 16.5. The van der Waals surface area contributed by atoms with Crippen LogP contribution >= 0.6 is 0 Å². The van der Waals surface area contributed by atoms with E-state index < -0.39 is 0 Å². The van der Waals surface area contributed by atoms with Crippen molar-refractivity contribution in [2.45, 2.75) is 52.7 Å². The predicted octanol–water partition coefficient (Wildman–Crippen LogP) is 6.21. The van der Waals surface area contributed by atoms with Crippen molar-refractivity contribution in [2.24, 2.45) is 0 Å². The number of nitriles is 1. The molecular weight excluding hydrogens is 420 g/mol. The first-order valence-corrected chi connectivity index (χ1v) is 11.8. The highest BCUT2D eigenvalue weighted by Crippen LogP contribution is 2.42. The van der Waals surface area contributed by atoms with Crippen molar-refractivity contribution in [3.63, 3.8) is 0 Å². The summed E-state index contributed by atoms with van der Waals surface area (Å²) in [6, 6.07) is 19.0. The molecule has 1 aliphatic heterocycles. The van der Waals surface area contributed by atoms with Crippen LogP contribution in [0, 0.1) is 25.2 Å². The van der Waals surface area contributed by atoms with Gasteiger partial charge in [0, 0.05) is 28.3 Å². The number of hydrogen-bond acceptors (Lipinski definition) is 4. The third kappa shape index (κ3) is 3.38. The lowest BCUT2D eigenvalue weighted by atomic mass is 9.90. The van der Waals surface area contributed by atoms with Gasteiger partial charge in [0.1, 0.15) is 23.7 Å². The molecule has 2 aromatic carbocycles. The fourth-order valence-corrected chi connectivity index (χ4v) is 5.08. The first kappa shape index (κ1) is 20.7. The van der Waals surface area contributed by atoms with Crippen molar-refractivity contribution in [3.05, 3.63) is 93.4 Å². The fraction of sp³-hybridized carbons (Fsp3) is 0.276. The van der Waals surface area contributed by atoms with Crippen LogP contribution in [0.2, 0.25) is 0 Å². The number of ether oxygens (including phenoxy) is 1. The Labute approximate surface area is 199 Å². The normalized spacial score (nSPS) is 16.3. The number of fused-ring (bicyclic) bond motifs is 3. The van der Waals surface area contributed by atoms with Gasteiger partial charge in [-0.3, -0.25) is 0 Å². The maximum atomic E-state index is 9.72. The Morgan fingerprint density at radius 3 is 2.71 bits per heavy atom. The van der Waals surface area contributed by atoms with Gasteiger partial charge in [-0.15, -0.1) is 0 Å². The molecular formula is C29H26N4O. The van der Waals surface area contributed by atoms with Crippen molar-refractivity contribution < 1.29 is 4.74 Å². The van der Waals surface area contributed by atoms with Crippen LogP contribution in [0.4, 0.5) is 0 Å². The molecule has 168 valence electrons. The average molecular weight is 447 g/mol. The number of aryl methyl sites for hydroxylation is 2. The summed E-state index contributed by atoms with van der Waals surface area (Å²) in [4.78, 5) is 9.89. The Bertz CT molecular complexity index is 1530. The molecule has 0 spiro atoms. The Morgan fingerprint density at radius 1 is 1.09 bits per heavy atom. The standard InChI is InChI=1S/C29H26N4O/c1-17-12-19(3)31-29-27(17)32-28(21-9-10-21)33(29)15-20-8-11-23-22(13-20)16-34-25-7-5-4-6-24(25)26(23)18(2)14-30/h4-8,11-13,21H,9-10,15-16H2,1-3H3/b26-18-. The van der Waals surface area contributed by atoms with Gasteiger partial charge < -0.3 is 9.30 Å². The van der Waals surface area contributed by atoms with E-state index in [1.165, 1.54) is 24.0 Å². The van der Waals surface area contributed by atoms with E-state index in [1.54, 1.807) is 0 Å². The van der Waals surface area contributed by atoms with E-state index >= 15 is 0 Å². The van der Waals surface area contributed by atoms with E-state index in [9.17, 15) is 5.26 Å². The highest BCUT2D eigenvalue weighted by molar-refractivity contribution is 5.88. The average Bonchev–Trinajstić information content (AvgIpc) is 3.63. The number of aromatic nitrogens is 3. The van der Waals surface area contributed by atoms with Crippen molar-refractivity contribution in [2.75, 3.05) is 0 Å². The summed E-state index contributed by atoms with van der Waals surface area (Å²) in [5, 5.41) is 9.72.